The number of benzene rings is 2. The highest BCUT2D eigenvalue weighted by molar-refractivity contribution is 5.76. The van der Waals surface area contributed by atoms with Crippen LogP contribution < -0.4 is 4.74 Å². The van der Waals surface area contributed by atoms with E-state index in [0.717, 1.165) is 34.7 Å². The smallest absolute Gasteiger partial charge is 0.416 e. The first-order valence-electron chi connectivity index (χ1n) is 9.99. The molecular formula is C22H22F3N5O2. The number of rotatable bonds is 8. The average Bonchev–Trinajstić information content (AvgIpc) is 3.37. The van der Waals surface area contributed by atoms with Gasteiger partial charge in [0, 0.05) is 25.5 Å². The van der Waals surface area contributed by atoms with Gasteiger partial charge in [0.2, 0.25) is 5.89 Å². The van der Waals surface area contributed by atoms with E-state index >= 15 is 0 Å². The Bertz CT molecular complexity index is 1200. The van der Waals surface area contributed by atoms with E-state index in [4.69, 9.17) is 9.26 Å². The number of aromatic nitrogens is 4. The van der Waals surface area contributed by atoms with E-state index in [1.54, 1.807) is 13.2 Å². The molecular weight excluding hydrogens is 423 g/mol. The summed E-state index contributed by atoms with van der Waals surface area (Å²) < 4.78 is 49.1. The van der Waals surface area contributed by atoms with Gasteiger partial charge in [-0.15, -0.1) is 0 Å². The van der Waals surface area contributed by atoms with E-state index in [0.29, 0.717) is 36.8 Å². The van der Waals surface area contributed by atoms with Crippen LogP contribution in [-0.4, -0.2) is 45.7 Å². The lowest BCUT2D eigenvalue weighted by Gasteiger charge is -2.12. The summed E-state index contributed by atoms with van der Waals surface area (Å²) >= 11 is 0. The fourth-order valence-corrected chi connectivity index (χ4v) is 3.36. The number of aromatic amines is 1. The van der Waals surface area contributed by atoms with Crippen LogP contribution in [0.3, 0.4) is 0 Å². The number of halogens is 3. The van der Waals surface area contributed by atoms with E-state index < -0.39 is 11.7 Å². The van der Waals surface area contributed by atoms with Gasteiger partial charge in [0.25, 0.3) is 0 Å². The molecule has 0 saturated carbocycles. The molecule has 0 bridgehead atoms. The summed E-state index contributed by atoms with van der Waals surface area (Å²) in [6, 6.07) is 10.8. The fraction of sp³-hybridized carbons (Fsp3) is 0.318. The van der Waals surface area contributed by atoms with Crippen LogP contribution in [0.4, 0.5) is 13.2 Å². The molecule has 7 nitrogen and oxygen atoms in total. The minimum atomic E-state index is -4.38. The van der Waals surface area contributed by atoms with Crippen molar-refractivity contribution in [1.82, 2.24) is 25.0 Å². The van der Waals surface area contributed by atoms with Crippen molar-refractivity contribution < 1.29 is 22.4 Å². The van der Waals surface area contributed by atoms with Crippen LogP contribution in [0.2, 0.25) is 0 Å². The van der Waals surface area contributed by atoms with Gasteiger partial charge in [-0.3, -0.25) is 4.90 Å². The van der Waals surface area contributed by atoms with E-state index in [2.05, 4.69) is 20.1 Å². The maximum atomic E-state index is 12.9. The number of hydrogen-bond acceptors (Lipinski definition) is 6. The summed E-state index contributed by atoms with van der Waals surface area (Å²) in [5.41, 5.74) is 1.57. The number of likely N-dealkylation sites (N-methyl/N-ethyl adjacent to an activating group) is 1. The molecule has 0 aliphatic carbocycles. The third-order valence-electron chi connectivity index (χ3n) is 5.00. The molecule has 1 N–H and O–H groups in total. The van der Waals surface area contributed by atoms with E-state index in [1.807, 2.05) is 30.1 Å². The number of fused-ring (bicyclic) bond motifs is 1. The molecule has 0 radical (unpaired) electrons. The van der Waals surface area contributed by atoms with Crippen molar-refractivity contribution in [3.63, 3.8) is 0 Å². The van der Waals surface area contributed by atoms with Crippen LogP contribution in [0.5, 0.6) is 5.75 Å². The minimum Gasteiger partial charge on any atom is -0.497 e. The molecule has 0 aliphatic heterocycles. The first kappa shape index (κ1) is 21.8. The Balaban J connectivity index is 1.32. The van der Waals surface area contributed by atoms with Gasteiger partial charge in [-0.25, -0.2) is 4.98 Å². The number of hydrogen-bond donors (Lipinski definition) is 1. The second-order valence-electron chi connectivity index (χ2n) is 7.53. The lowest BCUT2D eigenvalue weighted by atomic mass is 10.1. The monoisotopic (exact) mass is 445 g/mol. The van der Waals surface area contributed by atoms with Crippen molar-refractivity contribution in [1.29, 1.82) is 0 Å². The second-order valence-corrected chi connectivity index (χ2v) is 7.53. The highest BCUT2D eigenvalue weighted by atomic mass is 19.4. The molecule has 2 heterocycles. The van der Waals surface area contributed by atoms with Gasteiger partial charge in [-0.2, -0.15) is 18.2 Å². The van der Waals surface area contributed by atoms with Crippen molar-refractivity contribution in [2.75, 3.05) is 20.7 Å². The van der Waals surface area contributed by atoms with E-state index in [-0.39, 0.29) is 6.42 Å². The zero-order chi connectivity index (χ0) is 22.7. The number of methoxy groups -OCH3 is 1. The predicted octanol–water partition coefficient (Wildman–Crippen LogP) is 4.24. The van der Waals surface area contributed by atoms with Crippen molar-refractivity contribution in [3.05, 3.63) is 71.1 Å². The highest BCUT2D eigenvalue weighted by Gasteiger charge is 2.30. The highest BCUT2D eigenvalue weighted by Crippen LogP contribution is 2.29. The molecule has 168 valence electrons. The first-order chi connectivity index (χ1) is 15.3. The fourth-order valence-electron chi connectivity index (χ4n) is 3.36. The molecule has 4 rings (SSSR count). The van der Waals surface area contributed by atoms with Gasteiger partial charge in [0.05, 0.1) is 30.3 Å². The van der Waals surface area contributed by atoms with Crippen molar-refractivity contribution >= 4 is 11.0 Å². The van der Waals surface area contributed by atoms with Crippen molar-refractivity contribution in [2.24, 2.45) is 0 Å². The SMILES string of the molecule is COc1ccc2nc(CCN(C)Cc3nc(Cc4cccc(C(F)(F)F)c4)no3)[nH]c2c1. The van der Waals surface area contributed by atoms with Crippen LogP contribution in [0, 0.1) is 0 Å². The van der Waals surface area contributed by atoms with Gasteiger partial charge < -0.3 is 14.2 Å². The Morgan fingerprint density at radius 3 is 2.75 bits per heavy atom. The Morgan fingerprint density at radius 2 is 1.97 bits per heavy atom. The third-order valence-corrected chi connectivity index (χ3v) is 5.00. The topological polar surface area (TPSA) is 80.1 Å². The van der Waals surface area contributed by atoms with Crippen LogP contribution in [-0.2, 0) is 25.6 Å². The third kappa shape index (κ3) is 5.25. The maximum absolute atomic E-state index is 12.9. The second kappa shape index (κ2) is 8.99. The van der Waals surface area contributed by atoms with Crippen LogP contribution >= 0.6 is 0 Å². The van der Waals surface area contributed by atoms with Gasteiger partial charge in [-0.1, -0.05) is 23.4 Å². The summed E-state index contributed by atoms with van der Waals surface area (Å²) in [7, 11) is 3.54. The molecule has 0 saturated heterocycles. The summed E-state index contributed by atoms with van der Waals surface area (Å²) in [5.74, 6) is 2.38. The standard InChI is InChI=1S/C22H22F3N5O2/c1-30(9-8-19-26-17-7-6-16(31-2)12-18(17)27-19)13-21-28-20(29-32-21)11-14-4-3-5-15(10-14)22(23,24)25/h3-7,10,12H,8-9,11,13H2,1-2H3,(H,26,27). The number of alkyl halides is 3. The summed E-state index contributed by atoms with van der Waals surface area (Å²) in [6.07, 6.45) is -3.52. The molecule has 0 aliphatic rings. The molecule has 2 aromatic heterocycles. The Labute approximate surface area is 182 Å². The van der Waals surface area contributed by atoms with Gasteiger partial charge in [-0.05, 0) is 30.8 Å². The Hall–Kier alpha value is -3.40. The maximum Gasteiger partial charge on any atom is 0.416 e. The number of nitrogens with one attached hydrogen (secondary N) is 1. The lowest BCUT2D eigenvalue weighted by Crippen LogP contribution is -2.21. The molecule has 0 amide bonds. The molecule has 2 aromatic carbocycles. The summed E-state index contributed by atoms with van der Waals surface area (Å²) in [6.45, 7) is 1.12. The van der Waals surface area contributed by atoms with E-state index in [1.165, 1.54) is 6.07 Å². The summed E-state index contributed by atoms with van der Waals surface area (Å²) in [5, 5.41) is 3.90. The zero-order valence-corrected chi connectivity index (χ0v) is 17.6. The van der Waals surface area contributed by atoms with Crippen LogP contribution in [0.15, 0.2) is 47.0 Å². The number of nitrogens with zero attached hydrogens (tertiary/aromatic N) is 4. The molecule has 4 aromatic rings. The quantitative estimate of drug-likeness (QED) is 0.437. The van der Waals surface area contributed by atoms with Crippen LogP contribution in [0.25, 0.3) is 11.0 Å². The normalized spacial score (nSPS) is 12.1. The largest absolute Gasteiger partial charge is 0.497 e. The Kier molecular flexibility index (Phi) is 6.13. The van der Waals surface area contributed by atoms with Gasteiger partial charge in [0.15, 0.2) is 5.82 Å². The molecule has 32 heavy (non-hydrogen) atoms. The zero-order valence-electron chi connectivity index (χ0n) is 17.6. The van der Waals surface area contributed by atoms with E-state index in [9.17, 15) is 13.2 Å². The van der Waals surface area contributed by atoms with Crippen molar-refractivity contribution in [2.45, 2.75) is 25.6 Å². The number of H-pyrrole nitrogens is 1. The summed E-state index contributed by atoms with van der Waals surface area (Å²) in [4.78, 5) is 14.2. The van der Waals surface area contributed by atoms with Crippen molar-refractivity contribution in [3.8, 4) is 5.75 Å². The molecule has 0 atom stereocenters. The van der Waals surface area contributed by atoms with Gasteiger partial charge >= 0.3 is 6.18 Å². The number of ether oxygens (including phenoxy) is 1. The Morgan fingerprint density at radius 1 is 1.12 bits per heavy atom. The predicted molar refractivity (Wildman–Crippen MR) is 111 cm³/mol. The molecule has 0 fully saturated rings. The average molecular weight is 445 g/mol. The molecule has 0 unspecified atom stereocenters. The minimum absolute atomic E-state index is 0.166. The van der Waals surface area contributed by atoms with Gasteiger partial charge in [0.1, 0.15) is 11.6 Å². The lowest BCUT2D eigenvalue weighted by molar-refractivity contribution is -0.137. The van der Waals surface area contributed by atoms with Crippen LogP contribution in [0.1, 0.15) is 28.7 Å². The first-order valence-corrected chi connectivity index (χ1v) is 9.99. The molecule has 0 spiro atoms. The number of imidazole rings is 1. The molecule has 10 heteroatoms.